The van der Waals surface area contributed by atoms with Crippen LogP contribution in [0, 0.1) is 0 Å². The van der Waals surface area contributed by atoms with Crippen molar-refractivity contribution >= 4 is 5.91 Å². The lowest BCUT2D eigenvalue weighted by molar-refractivity contribution is -0.137. The number of halogens is 3. The van der Waals surface area contributed by atoms with Crippen LogP contribution in [0.25, 0.3) is 0 Å². The summed E-state index contributed by atoms with van der Waals surface area (Å²) in [6, 6.07) is 12.2. The van der Waals surface area contributed by atoms with Gasteiger partial charge in [0, 0.05) is 19.1 Å². The minimum absolute atomic E-state index is 0.134. The van der Waals surface area contributed by atoms with Gasteiger partial charge < -0.3 is 15.7 Å². The van der Waals surface area contributed by atoms with Gasteiger partial charge in [-0.1, -0.05) is 36.4 Å². The van der Waals surface area contributed by atoms with Gasteiger partial charge in [-0.25, -0.2) is 0 Å². The highest BCUT2D eigenvalue weighted by Gasteiger charge is 2.35. The van der Waals surface area contributed by atoms with E-state index in [2.05, 4.69) is 10.6 Å². The first-order chi connectivity index (χ1) is 12.4. The highest BCUT2D eigenvalue weighted by atomic mass is 19.4. The summed E-state index contributed by atoms with van der Waals surface area (Å²) in [6.07, 6.45) is -4.93. The minimum atomic E-state index is -4.61. The molecule has 4 nitrogen and oxygen atoms in total. The maximum atomic E-state index is 13.0. The van der Waals surface area contributed by atoms with Crippen LogP contribution in [0.15, 0.2) is 48.5 Å². The number of hydrogen-bond donors (Lipinski definition) is 3. The summed E-state index contributed by atoms with van der Waals surface area (Å²) in [5, 5.41) is 15.9. The average molecular weight is 364 g/mol. The Morgan fingerprint density at radius 2 is 1.81 bits per heavy atom. The molecule has 3 N–H and O–H groups in total. The molecule has 1 heterocycles. The maximum absolute atomic E-state index is 13.0. The van der Waals surface area contributed by atoms with Crippen LogP contribution in [0.4, 0.5) is 13.2 Å². The van der Waals surface area contributed by atoms with E-state index in [0.717, 1.165) is 23.3 Å². The Labute approximate surface area is 149 Å². The predicted octanol–water partition coefficient (Wildman–Crippen LogP) is 2.51. The van der Waals surface area contributed by atoms with E-state index in [1.165, 1.54) is 12.1 Å². The van der Waals surface area contributed by atoms with Crippen molar-refractivity contribution in [2.75, 3.05) is 6.54 Å². The van der Waals surface area contributed by atoms with Gasteiger partial charge in [0.1, 0.15) is 0 Å². The summed E-state index contributed by atoms with van der Waals surface area (Å²) in [7, 11) is 0. The van der Waals surface area contributed by atoms with E-state index in [0.29, 0.717) is 13.0 Å². The van der Waals surface area contributed by atoms with E-state index >= 15 is 0 Å². The molecule has 2 aromatic carbocycles. The van der Waals surface area contributed by atoms with Crippen LogP contribution in [0.1, 0.15) is 27.0 Å². The van der Waals surface area contributed by atoms with Gasteiger partial charge in [0.25, 0.3) is 5.91 Å². The lowest BCUT2D eigenvalue weighted by atomic mass is 9.93. The second-order valence-corrected chi connectivity index (χ2v) is 6.28. The van der Waals surface area contributed by atoms with Crippen molar-refractivity contribution < 1.29 is 23.1 Å². The number of aliphatic hydroxyl groups excluding tert-OH is 1. The molecule has 0 saturated carbocycles. The molecule has 0 fully saturated rings. The van der Waals surface area contributed by atoms with E-state index in [1.54, 1.807) is 0 Å². The summed E-state index contributed by atoms with van der Waals surface area (Å²) >= 11 is 0. The summed E-state index contributed by atoms with van der Waals surface area (Å²) < 4.78 is 39.0. The van der Waals surface area contributed by atoms with Crippen molar-refractivity contribution in [1.82, 2.24) is 10.6 Å². The van der Waals surface area contributed by atoms with Crippen LogP contribution in [0.2, 0.25) is 0 Å². The molecule has 0 aliphatic carbocycles. The first kappa shape index (κ1) is 18.4. The molecule has 0 aromatic heterocycles. The van der Waals surface area contributed by atoms with Gasteiger partial charge in [-0.2, -0.15) is 13.2 Å². The number of fused-ring (bicyclic) bond motifs is 1. The lowest BCUT2D eigenvalue weighted by Crippen LogP contribution is -2.49. The van der Waals surface area contributed by atoms with Crippen molar-refractivity contribution in [2.45, 2.75) is 31.3 Å². The van der Waals surface area contributed by atoms with Gasteiger partial charge in [0.2, 0.25) is 0 Å². The van der Waals surface area contributed by atoms with Crippen LogP contribution < -0.4 is 10.6 Å². The number of hydrogen-bond acceptors (Lipinski definition) is 3. The molecule has 0 radical (unpaired) electrons. The van der Waals surface area contributed by atoms with Crippen molar-refractivity contribution in [1.29, 1.82) is 0 Å². The molecular formula is C19H19F3N2O2. The third-order valence-corrected chi connectivity index (χ3v) is 4.53. The summed E-state index contributed by atoms with van der Waals surface area (Å²) in [5.41, 5.74) is 0.828. The van der Waals surface area contributed by atoms with Gasteiger partial charge in [0.15, 0.2) is 0 Å². The molecule has 7 heteroatoms. The Balaban J connectivity index is 1.62. The lowest BCUT2D eigenvalue weighted by Gasteiger charge is -2.30. The van der Waals surface area contributed by atoms with Gasteiger partial charge >= 0.3 is 6.18 Å². The van der Waals surface area contributed by atoms with E-state index < -0.39 is 29.3 Å². The van der Waals surface area contributed by atoms with E-state index in [-0.39, 0.29) is 12.6 Å². The largest absolute Gasteiger partial charge is 0.417 e. The van der Waals surface area contributed by atoms with E-state index in [9.17, 15) is 23.1 Å². The Bertz CT molecular complexity index is 792. The van der Waals surface area contributed by atoms with E-state index in [1.807, 2.05) is 24.3 Å². The fraction of sp³-hybridized carbons (Fsp3) is 0.316. The van der Waals surface area contributed by atoms with Crippen molar-refractivity contribution in [3.05, 3.63) is 70.8 Å². The molecule has 138 valence electrons. The molecule has 0 bridgehead atoms. The van der Waals surface area contributed by atoms with Crippen LogP contribution in [0.5, 0.6) is 0 Å². The number of carbonyl (C=O) groups is 1. The summed E-state index contributed by atoms with van der Waals surface area (Å²) in [4.78, 5) is 12.2. The summed E-state index contributed by atoms with van der Waals surface area (Å²) in [6.45, 7) is 0.466. The molecule has 2 unspecified atom stereocenters. The summed E-state index contributed by atoms with van der Waals surface area (Å²) in [5.74, 6) is -0.854. The smallest absolute Gasteiger partial charge is 0.390 e. The second kappa shape index (κ2) is 7.47. The number of aliphatic hydroxyl groups is 1. The van der Waals surface area contributed by atoms with Gasteiger partial charge in [0.05, 0.1) is 17.2 Å². The van der Waals surface area contributed by atoms with Crippen molar-refractivity contribution in [2.24, 2.45) is 0 Å². The molecule has 2 aromatic rings. The second-order valence-electron chi connectivity index (χ2n) is 6.28. The van der Waals surface area contributed by atoms with Crippen LogP contribution in [-0.2, 0) is 19.1 Å². The number of alkyl halides is 3. The first-order valence-corrected chi connectivity index (χ1v) is 8.29. The molecule has 1 aliphatic heterocycles. The Morgan fingerprint density at radius 3 is 2.54 bits per heavy atom. The van der Waals surface area contributed by atoms with Crippen LogP contribution in [-0.4, -0.2) is 29.7 Å². The SMILES string of the molecule is O=C(NCC(O)C1Cc2ccccc2CN1)c1ccccc1C(F)(F)F. The zero-order valence-corrected chi connectivity index (χ0v) is 13.9. The van der Waals surface area contributed by atoms with Gasteiger partial charge in [-0.15, -0.1) is 0 Å². The number of carbonyl (C=O) groups excluding carboxylic acids is 1. The van der Waals surface area contributed by atoms with Gasteiger partial charge in [-0.3, -0.25) is 4.79 Å². The zero-order chi connectivity index (χ0) is 18.7. The molecular weight excluding hydrogens is 345 g/mol. The molecule has 26 heavy (non-hydrogen) atoms. The van der Waals surface area contributed by atoms with Crippen molar-refractivity contribution in [3.63, 3.8) is 0 Å². The van der Waals surface area contributed by atoms with Crippen LogP contribution >= 0.6 is 0 Å². The first-order valence-electron chi connectivity index (χ1n) is 8.29. The quantitative estimate of drug-likeness (QED) is 0.781. The monoisotopic (exact) mass is 364 g/mol. The predicted molar refractivity (Wildman–Crippen MR) is 90.6 cm³/mol. The number of rotatable bonds is 4. The maximum Gasteiger partial charge on any atom is 0.417 e. The molecule has 2 atom stereocenters. The zero-order valence-electron chi connectivity index (χ0n) is 13.9. The van der Waals surface area contributed by atoms with Gasteiger partial charge in [-0.05, 0) is 29.7 Å². The number of nitrogens with one attached hydrogen (secondary N) is 2. The molecule has 0 spiro atoms. The third kappa shape index (κ3) is 4.05. The Kier molecular flexibility index (Phi) is 5.29. The van der Waals surface area contributed by atoms with Crippen LogP contribution in [0.3, 0.4) is 0 Å². The average Bonchev–Trinajstić information content (AvgIpc) is 2.64. The molecule has 1 amide bonds. The fourth-order valence-electron chi connectivity index (χ4n) is 3.11. The highest BCUT2D eigenvalue weighted by Crippen LogP contribution is 2.31. The Hall–Kier alpha value is -2.38. The normalized spacial score (nSPS) is 18.1. The van der Waals surface area contributed by atoms with Crippen molar-refractivity contribution in [3.8, 4) is 0 Å². The standard InChI is InChI=1S/C19H19F3N2O2/c20-19(21,22)15-8-4-3-7-14(15)18(26)24-11-17(25)16-9-12-5-1-2-6-13(12)10-23-16/h1-8,16-17,23,25H,9-11H2,(H,24,26). The third-order valence-electron chi connectivity index (χ3n) is 4.53. The molecule has 3 rings (SSSR count). The Morgan fingerprint density at radius 1 is 1.15 bits per heavy atom. The number of benzene rings is 2. The highest BCUT2D eigenvalue weighted by molar-refractivity contribution is 5.95. The molecule has 1 aliphatic rings. The number of amides is 1. The fourth-order valence-corrected chi connectivity index (χ4v) is 3.11. The molecule has 0 saturated heterocycles. The minimum Gasteiger partial charge on any atom is -0.390 e. The van der Waals surface area contributed by atoms with E-state index in [4.69, 9.17) is 0 Å². The topological polar surface area (TPSA) is 61.4 Å².